The van der Waals surface area contributed by atoms with Crippen molar-refractivity contribution in [3.8, 4) is 11.5 Å². The lowest BCUT2D eigenvalue weighted by molar-refractivity contribution is 0.00455. The summed E-state index contributed by atoms with van der Waals surface area (Å²) in [5.74, 6) is 1.81. The van der Waals surface area contributed by atoms with E-state index in [1.54, 1.807) is 7.11 Å². The molecule has 0 unspecified atom stereocenters. The molecule has 0 fully saturated rings. The molecule has 0 aliphatic heterocycles. The SMILES string of the molecule is COc1ccc(CCl)c(OCOCc2ccccc2)c1. The molecule has 0 aliphatic carbocycles. The van der Waals surface area contributed by atoms with Crippen LogP contribution in [0.2, 0.25) is 0 Å². The van der Waals surface area contributed by atoms with Crippen LogP contribution in [0.4, 0.5) is 0 Å². The molecule has 0 aromatic heterocycles. The van der Waals surface area contributed by atoms with E-state index in [4.69, 9.17) is 25.8 Å². The quantitative estimate of drug-likeness (QED) is 0.439. The molecule has 0 bridgehead atoms. The van der Waals surface area contributed by atoms with Crippen LogP contribution in [0.1, 0.15) is 11.1 Å². The normalized spacial score (nSPS) is 10.3. The van der Waals surface area contributed by atoms with Gasteiger partial charge in [0.15, 0.2) is 6.79 Å². The fraction of sp³-hybridized carbons (Fsp3) is 0.250. The van der Waals surface area contributed by atoms with E-state index in [1.807, 2.05) is 48.5 Å². The number of hydrogen-bond donors (Lipinski definition) is 0. The van der Waals surface area contributed by atoms with Gasteiger partial charge in [-0.3, -0.25) is 0 Å². The summed E-state index contributed by atoms with van der Waals surface area (Å²) < 4.78 is 16.3. The highest BCUT2D eigenvalue weighted by atomic mass is 35.5. The molecule has 3 nitrogen and oxygen atoms in total. The Labute approximate surface area is 124 Å². The first-order valence-corrected chi connectivity index (χ1v) is 6.84. The van der Waals surface area contributed by atoms with Gasteiger partial charge < -0.3 is 14.2 Å². The summed E-state index contributed by atoms with van der Waals surface area (Å²) >= 11 is 5.87. The van der Waals surface area contributed by atoms with Crippen molar-refractivity contribution in [1.82, 2.24) is 0 Å². The van der Waals surface area contributed by atoms with Crippen molar-refractivity contribution in [3.05, 3.63) is 59.7 Å². The second-order valence-corrected chi connectivity index (χ2v) is 4.47. The Bertz CT molecular complexity index is 529. The number of benzene rings is 2. The molecule has 0 heterocycles. The lowest BCUT2D eigenvalue weighted by atomic mass is 10.2. The molecular formula is C16H17ClO3. The van der Waals surface area contributed by atoms with Crippen LogP contribution in [0.25, 0.3) is 0 Å². The molecule has 106 valence electrons. The second kappa shape index (κ2) is 7.78. The minimum absolute atomic E-state index is 0.173. The van der Waals surface area contributed by atoms with Gasteiger partial charge in [-0.05, 0) is 11.6 Å². The largest absolute Gasteiger partial charge is 0.497 e. The van der Waals surface area contributed by atoms with Gasteiger partial charge in [-0.25, -0.2) is 0 Å². The van der Waals surface area contributed by atoms with Gasteiger partial charge in [-0.1, -0.05) is 36.4 Å². The lowest BCUT2D eigenvalue weighted by Crippen LogP contribution is -2.04. The predicted molar refractivity (Wildman–Crippen MR) is 79.3 cm³/mol. The maximum absolute atomic E-state index is 5.87. The third-order valence-electron chi connectivity index (χ3n) is 2.83. The predicted octanol–water partition coefficient (Wildman–Crippen LogP) is 3.99. The Morgan fingerprint density at radius 3 is 2.55 bits per heavy atom. The van der Waals surface area contributed by atoms with Crippen LogP contribution in [0.15, 0.2) is 48.5 Å². The van der Waals surface area contributed by atoms with E-state index < -0.39 is 0 Å². The van der Waals surface area contributed by atoms with Gasteiger partial charge in [-0.2, -0.15) is 0 Å². The summed E-state index contributed by atoms with van der Waals surface area (Å²) in [5, 5.41) is 0. The van der Waals surface area contributed by atoms with Crippen molar-refractivity contribution in [3.63, 3.8) is 0 Å². The third-order valence-corrected chi connectivity index (χ3v) is 3.12. The minimum Gasteiger partial charge on any atom is -0.497 e. The Hall–Kier alpha value is -1.71. The van der Waals surface area contributed by atoms with E-state index >= 15 is 0 Å². The van der Waals surface area contributed by atoms with E-state index in [0.717, 1.165) is 16.9 Å². The van der Waals surface area contributed by atoms with E-state index in [-0.39, 0.29) is 6.79 Å². The maximum atomic E-state index is 5.87. The number of ether oxygens (including phenoxy) is 3. The monoisotopic (exact) mass is 292 g/mol. The number of methoxy groups -OCH3 is 1. The summed E-state index contributed by atoms with van der Waals surface area (Å²) in [6.45, 7) is 0.687. The van der Waals surface area contributed by atoms with E-state index in [0.29, 0.717) is 18.2 Å². The number of rotatable bonds is 7. The molecule has 20 heavy (non-hydrogen) atoms. The van der Waals surface area contributed by atoms with Gasteiger partial charge >= 0.3 is 0 Å². The molecule has 0 spiro atoms. The van der Waals surface area contributed by atoms with Crippen LogP contribution in [0.3, 0.4) is 0 Å². The Morgan fingerprint density at radius 2 is 1.85 bits per heavy atom. The van der Waals surface area contributed by atoms with Crippen molar-refractivity contribution < 1.29 is 14.2 Å². The molecular weight excluding hydrogens is 276 g/mol. The van der Waals surface area contributed by atoms with Gasteiger partial charge in [0.25, 0.3) is 0 Å². The van der Waals surface area contributed by atoms with Crippen LogP contribution in [-0.2, 0) is 17.2 Å². The van der Waals surface area contributed by atoms with Crippen molar-refractivity contribution in [2.24, 2.45) is 0 Å². The van der Waals surface area contributed by atoms with E-state index in [2.05, 4.69) is 0 Å². The van der Waals surface area contributed by atoms with Crippen LogP contribution in [-0.4, -0.2) is 13.9 Å². The first kappa shape index (κ1) is 14.7. The highest BCUT2D eigenvalue weighted by molar-refractivity contribution is 6.17. The average molecular weight is 293 g/mol. The molecule has 0 aliphatic rings. The standard InChI is InChI=1S/C16H17ClO3/c1-18-15-8-7-14(10-17)16(9-15)20-12-19-11-13-5-3-2-4-6-13/h2-9H,10-12H2,1H3. The number of hydrogen-bond acceptors (Lipinski definition) is 3. The van der Waals surface area contributed by atoms with Crippen molar-refractivity contribution >= 4 is 11.6 Å². The zero-order valence-electron chi connectivity index (χ0n) is 11.3. The van der Waals surface area contributed by atoms with E-state index in [1.165, 1.54) is 0 Å². The van der Waals surface area contributed by atoms with Gasteiger partial charge in [0.1, 0.15) is 11.5 Å². The Morgan fingerprint density at radius 1 is 1.05 bits per heavy atom. The third kappa shape index (κ3) is 4.15. The molecule has 0 amide bonds. The summed E-state index contributed by atoms with van der Waals surface area (Å²) in [6.07, 6.45) is 0. The van der Waals surface area contributed by atoms with Crippen molar-refractivity contribution in [2.45, 2.75) is 12.5 Å². The van der Waals surface area contributed by atoms with Crippen LogP contribution in [0.5, 0.6) is 11.5 Å². The zero-order valence-corrected chi connectivity index (χ0v) is 12.1. The molecule has 2 rings (SSSR count). The Kier molecular flexibility index (Phi) is 5.71. The zero-order chi connectivity index (χ0) is 14.2. The molecule has 0 saturated carbocycles. The lowest BCUT2D eigenvalue weighted by Gasteiger charge is -2.12. The van der Waals surface area contributed by atoms with Crippen LogP contribution < -0.4 is 9.47 Å². The summed E-state index contributed by atoms with van der Waals surface area (Å²) in [7, 11) is 1.62. The molecule has 0 atom stereocenters. The van der Waals surface area contributed by atoms with Gasteiger partial charge in [0, 0.05) is 11.6 Å². The molecule has 0 saturated heterocycles. The minimum atomic E-state index is 0.173. The smallest absolute Gasteiger partial charge is 0.189 e. The van der Waals surface area contributed by atoms with E-state index in [9.17, 15) is 0 Å². The molecule has 0 radical (unpaired) electrons. The average Bonchev–Trinajstić information content (AvgIpc) is 2.52. The van der Waals surface area contributed by atoms with Crippen LogP contribution >= 0.6 is 11.6 Å². The summed E-state index contributed by atoms with van der Waals surface area (Å²) in [5.41, 5.74) is 2.02. The number of alkyl halides is 1. The fourth-order valence-electron chi connectivity index (χ4n) is 1.75. The molecule has 2 aromatic carbocycles. The van der Waals surface area contributed by atoms with Gasteiger partial charge in [-0.15, -0.1) is 11.6 Å². The van der Waals surface area contributed by atoms with Crippen molar-refractivity contribution in [1.29, 1.82) is 0 Å². The van der Waals surface area contributed by atoms with Crippen LogP contribution in [0, 0.1) is 0 Å². The highest BCUT2D eigenvalue weighted by Gasteiger charge is 2.05. The van der Waals surface area contributed by atoms with Gasteiger partial charge in [0.2, 0.25) is 0 Å². The highest BCUT2D eigenvalue weighted by Crippen LogP contribution is 2.26. The van der Waals surface area contributed by atoms with Crippen molar-refractivity contribution in [2.75, 3.05) is 13.9 Å². The molecule has 4 heteroatoms. The molecule has 0 N–H and O–H groups in total. The summed E-state index contributed by atoms with van der Waals surface area (Å²) in [4.78, 5) is 0. The first-order valence-electron chi connectivity index (χ1n) is 6.31. The topological polar surface area (TPSA) is 27.7 Å². The summed E-state index contributed by atoms with van der Waals surface area (Å²) in [6, 6.07) is 15.5. The Balaban J connectivity index is 1.87. The fourth-order valence-corrected chi connectivity index (χ4v) is 1.97. The second-order valence-electron chi connectivity index (χ2n) is 4.20. The maximum Gasteiger partial charge on any atom is 0.189 e. The molecule has 2 aromatic rings. The van der Waals surface area contributed by atoms with Gasteiger partial charge in [0.05, 0.1) is 19.6 Å². The number of halogens is 1. The first-order chi connectivity index (χ1) is 9.83.